The standard InChI is InChI=1S/C17H21N5O3/c23-22(24)16-3-1-14(2-4-16)5-6-18-11-15-12-19-17(20-13-15)21-7-9-25-10-8-21/h1-4,12-13,18H,5-11H2. The Kier molecular flexibility index (Phi) is 5.86. The van der Waals surface area contributed by atoms with Crippen molar-refractivity contribution in [2.75, 3.05) is 37.7 Å². The predicted octanol–water partition coefficient (Wildman–Crippen LogP) is 1.55. The monoisotopic (exact) mass is 343 g/mol. The second-order valence-corrected chi connectivity index (χ2v) is 5.84. The van der Waals surface area contributed by atoms with Crippen molar-refractivity contribution in [3.8, 4) is 0 Å². The largest absolute Gasteiger partial charge is 0.378 e. The predicted molar refractivity (Wildman–Crippen MR) is 93.6 cm³/mol. The Hall–Kier alpha value is -2.58. The molecule has 8 heteroatoms. The van der Waals surface area contributed by atoms with Crippen LogP contribution in [-0.2, 0) is 17.7 Å². The van der Waals surface area contributed by atoms with Crippen LogP contribution in [0.1, 0.15) is 11.1 Å². The Bertz CT molecular complexity index is 684. The summed E-state index contributed by atoms with van der Waals surface area (Å²) >= 11 is 0. The second kappa shape index (κ2) is 8.50. The van der Waals surface area contributed by atoms with Crippen molar-refractivity contribution >= 4 is 11.6 Å². The molecule has 3 rings (SSSR count). The number of morpholine rings is 1. The van der Waals surface area contributed by atoms with Gasteiger partial charge in [0.15, 0.2) is 0 Å². The van der Waals surface area contributed by atoms with Gasteiger partial charge in [-0.2, -0.15) is 0 Å². The molecule has 1 fully saturated rings. The molecule has 1 aromatic carbocycles. The van der Waals surface area contributed by atoms with E-state index in [0.29, 0.717) is 6.54 Å². The summed E-state index contributed by atoms with van der Waals surface area (Å²) in [5.41, 5.74) is 2.21. The second-order valence-electron chi connectivity index (χ2n) is 5.84. The molecule has 132 valence electrons. The number of non-ortho nitro benzene ring substituents is 1. The van der Waals surface area contributed by atoms with E-state index in [1.165, 1.54) is 12.1 Å². The average Bonchev–Trinajstić information content (AvgIpc) is 2.67. The smallest absolute Gasteiger partial charge is 0.269 e. The fourth-order valence-corrected chi connectivity index (χ4v) is 2.62. The van der Waals surface area contributed by atoms with Crippen LogP contribution in [0.15, 0.2) is 36.7 Å². The molecule has 1 saturated heterocycles. The van der Waals surface area contributed by atoms with Gasteiger partial charge in [-0.3, -0.25) is 10.1 Å². The Labute approximate surface area is 146 Å². The number of nitrogens with zero attached hydrogens (tertiary/aromatic N) is 4. The van der Waals surface area contributed by atoms with E-state index in [-0.39, 0.29) is 10.6 Å². The Morgan fingerprint density at radius 3 is 2.44 bits per heavy atom. The van der Waals surface area contributed by atoms with Crippen LogP contribution in [0.25, 0.3) is 0 Å². The molecular formula is C17H21N5O3. The molecule has 1 aliphatic heterocycles. The third-order valence-electron chi connectivity index (χ3n) is 4.05. The number of nitrogens with one attached hydrogen (secondary N) is 1. The molecule has 0 amide bonds. The first-order valence-corrected chi connectivity index (χ1v) is 8.30. The summed E-state index contributed by atoms with van der Waals surface area (Å²) in [4.78, 5) is 21.2. The number of ether oxygens (including phenoxy) is 1. The van der Waals surface area contributed by atoms with E-state index in [4.69, 9.17) is 4.74 Å². The fraction of sp³-hybridized carbons (Fsp3) is 0.412. The van der Waals surface area contributed by atoms with Crippen LogP contribution < -0.4 is 10.2 Å². The number of nitro benzene ring substituents is 1. The maximum absolute atomic E-state index is 10.6. The van der Waals surface area contributed by atoms with Gasteiger partial charge in [0.25, 0.3) is 5.69 Å². The quantitative estimate of drug-likeness (QED) is 0.463. The third kappa shape index (κ3) is 4.94. The van der Waals surface area contributed by atoms with Crippen LogP contribution >= 0.6 is 0 Å². The molecule has 0 atom stereocenters. The third-order valence-corrected chi connectivity index (χ3v) is 4.05. The van der Waals surface area contributed by atoms with Crippen molar-refractivity contribution in [2.45, 2.75) is 13.0 Å². The molecule has 1 aliphatic rings. The maximum atomic E-state index is 10.6. The number of hydrogen-bond acceptors (Lipinski definition) is 7. The lowest BCUT2D eigenvalue weighted by Crippen LogP contribution is -2.37. The highest BCUT2D eigenvalue weighted by molar-refractivity contribution is 5.33. The molecule has 0 saturated carbocycles. The molecule has 2 heterocycles. The maximum Gasteiger partial charge on any atom is 0.269 e. The number of anilines is 1. The van der Waals surface area contributed by atoms with E-state index in [2.05, 4.69) is 20.2 Å². The molecular weight excluding hydrogens is 322 g/mol. The molecule has 1 N–H and O–H groups in total. The lowest BCUT2D eigenvalue weighted by molar-refractivity contribution is -0.384. The zero-order valence-electron chi connectivity index (χ0n) is 13.9. The Morgan fingerprint density at radius 2 is 1.80 bits per heavy atom. The van der Waals surface area contributed by atoms with E-state index >= 15 is 0 Å². The summed E-state index contributed by atoms with van der Waals surface area (Å²) in [5.74, 6) is 0.748. The lowest BCUT2D eigenvalue weighted by atomic mass is 10.1. The molecule has 0 radical (unpaired) electrons. The fourth-order valence-electron chi connectivity index (χ4n) is 2.62. The first kappa shape index (κ1) is 17.2. The summed E-state index contributed by atoms with van der Waals surface area (Å²) in [7, 11) is 0. The van der Waals surface area contributed by atoms with E-state index in [9.17, 15) is 10.1 Å². The highest BCUT2D eigenvalue weighted by Gasteiger charge is 2.13. The molecule has 0 unspecified atom stereocenters. The average molecular weight is 343 g/mol. The molecule has 0 aliphatic carbocycles. The zero-order chi connectivity index (χ0) is 17.5. The molecule has 25 heavy (non-hydrogen) atoms. The summed E-state index contributed by atoms with van der Waals surface area (Å²) in [6.45, 7) is 4.56. The molecule has 0 bridgehead atoms. The summed E-state index contributed by atoms with van der Waals surface area (Å²) in [6.07, 6.45) is 4.50. The van der Waals surface area contributed by atoms with Crippen LogP contribution in [-0.4, -0.2) is 47.7 Å². The van der Waals surface area contributed by atoms with Gasteiger partial charge in [0.2, 0.25) is 5.95 Å². The topological polar surface area (TPSA) is 93.4 Å². The number of benzene rings is 1. The highest BCUT2D eigenvalue weighted by atomic mass is 16.6. The van der Waals surface area contributed by atoms with Gasteiger partial charge in [0.05, 0.1) is 18.1 Å². The van der Waals surface area contributed by atoms with Crippen molar-refractivity contribution in [1.29, 1.82) is 0 Å². The van der Waals surface area contributed by atoms with Crippen LogP contribution in [0.3, 0.4) is 0 Å². The van der Waals surface area contributed by atoms with Crippen molar-refractivity contribution in [1.82, 2.24) is 15.3 Å². The van der Waals surface area contributed by atoms with Crippen molar-refractivity contribution in [3.63, 3.8) is 0 Å². The Morgan fingerprint density at radius 1 is 1.12 bits per heavy atom. The van der Waals surface area contributed by atoms with E-state index < -0.39 is 0 Å². The van der Waals surface area contributed by atoms with Crippen molar-refractivity contribution in [2.24, 2.45) is 0 Å². The number of aromatic nitrogens is 2. The minimum absolute atomic E-state index is 0.120. The van der Waals surface area contributed by atoms with Gasteiger partial charge in [-0.1, -0.05) is 12.1 Å². The van der Waals surface area contributed by atoms with Crippen LogP contribution in [0.5, 0.6) is 0 Å². The van der Waals surface area contributed by atoms with E-state index in [1.807, 2.05) is 12.4 Å². The molecule has 0 spiro atoms. The van der Waals surface area contributed by atoms with E-state index in [1.54, 1.807) is 12.1 Å². The molecule has 2 aromatic rings. The summed E-state index contributed by atoms with van der Waals surface area (Å²) < 4.78 is 5.32. The van der Waals surface area contributed by atoms with Gasteiger partial charge in [0.1, 0.15) is 0 Å². The van der Waals surface area contributed by atoms with Crippen molar-refractivity contribution < 1.29 is 9.66 Å². The summed E-state index contributed by atoms with van der Waals surface area (Å²) in [6, 6.07) is 6.65. The molecule has 1 aromatic heterocycles. The van der Waals surface area contributed by atoms with Gasteiger partial charge in [-0.15, -0.1) is 0 Å². The highest BCUT2D eigenvalue weighted by Crippen LogP contribution is 2.12. The minimum Gasteiger partial charge on any atom is -0.378 e. The van der Waals surface area contributed by atoms with Crippen molar-refractivity contribution in [3.05, 3.63) is 57.9 Å². The minimum atomic E-state index is -0.386. The number of hydrogen-bond donors (Lipinski definition) is 1. The lowest BCUT2D eigenvalue weighted by Gasteiger charge is -2.26. The number of nitro groups is 1. The van der Waals surface area contributed by atoms with Gasteiger partial charge < -0.3 is 15.0 Å². The SMILES string of the molecule is O=[N+]([O-])c1ccc(CCNCc2cnc(N3CCOCC3)nc2)cc1. The van der Waals surface area contributed by atoms with Gasteiger partial charge in [-0.25, -0.2) is 9.97 Å². The van der Waals surface area contributed by atoms with Gasteiger partial charge in [0, 0.05) is 49.7 Å². The zero-order valence-corrected chi connectivity index (χ0v) is 13.9. The Balaban J connectivity index is 1.42. The van der Waals surface area contributed by atoms with Crippen LogP contribution in [0, 0.1) is 10.1 Å². The van der Waals surface area contributed by atoms with Gasteiger partial charge in [-0.05, 0) is 18.5 Å². The van der Waals surface area contributed by atoms with Gasteiger partial charge >= 0.3 is 0 Å². The van der Waals surface area contributed by atoms with Crippen LogP contribution in [0.2, 0.25) is 0 Å². The first-order chi connectivity index (χ1) is 12.2. The first-order valence-electron chi connectivity index (χ1n) is 8.30. The molecule has 8 nitrogen and oxygen atoms in total. The van der Waals surface area contributed by atoms with Crippen LogP contribution in [0.4, 0.5) is 11.6 Å². The summed E-state index contributed by atoms with van der Waals surface area (Å²) in [5, 5.41) is 14.0. The normalized spacial score (nSPS) is 14.5. The number of rotatable bonds is 7. The van der Waals surface area contributed by atoms with E-state index in [0.717, 1.165) is 56.3 Å².